The summed E-state index contributed by atoms with van der Waals surface area (Å²) in [4.78, 5) is 32.5. The van der Waals surface area contributed by atoms with Crippen molar-refractivity contribution >= 4 is 21.9 Å². The highest BCUT2D eigenvalue weighted by Crippen LogP contribution is 2.25. The van der Waals surface area contributed by atoms with Crippen molar-refractivity contribution in [1.29, 1.82) is 0 Å². The van der Waals surface area contributed by atoms with Gasteiger partial charge in [0.25, 0.3) is 0 Å². The van der Waals surface area contributed by atoms with Crippen LogP contribution < -0.4 is 11.1 Å². The monoisotopic (exact) mass is 414 g/mol. The summed E-state index contributed by atoms with van der Waals surface area (Å²) in [6.07, 6.45) is 1.65. The molecule has 1 fully saturated rings. The summed E-state index contributed by atoms with van der Waals surface area (Å²) < 4.78 is 3.06. The van der Waals surface area contributed by atoms with E-state index >= 15 is 0 Å². The minimum Gasteiger partial charge on any atom is -0.304 e. The van der Waals surface area contributed by atoms with Gasteiger partial charge in [-0.25, -0.2) is 4.98 Å². The Labute approximate surface area is 180 Å². The average Bonchev–Trinajstić information content (AvgIpc) is 2.78. The number of pyridine rings is 1. The van der Waals surface area contributed by atoms with Gasteiger partial charge >= 0.3 is 11.1 Å². The molecular weight excluding hydrogens is 388 g/mol. The van der Waals surface area contributed by atoms with Crippen LogP contribution in [0.5, 0.6) is 0 Å². The number of benzene rings is 2. The van der Waals surface area contributed by atoms with Crippen LogP contribution in [-0.2, 0) is 13.6 Å². The summed E-state index contributed by atoms with van der Waals surface area (Å²) in [7, 11) is 1.64. The second-order valence-electron chi connectivity index (χ2n) is 8.52. The van der Waals surface area contributed by atoms with Crippen LogP contribution in [0.25, 0.3) is 21.9 Å². The van der Waals surface area contributed by atoms with E-state index in [1.54, 1.807) is 11.6 Å². The molecule has 6 heteroatoms. The Morgan fingerprint density at radius 1 is 0.935 bits per heavy atom. The van der Waals surface area contributed by atoms with Crippen molar-refractivity contribution in [1.82, 2.24) is 19.0 Å². The van der Waals surface area contributed by atoms with Crippen LogP contribution in [0.3, 0.4) is 0 Å². The normalized spacial score (nSPS) is 15.7. The smallest absolute Gasteiger partial charge is 0.304 e. The Morgan fingerprint density at radius 2 is 1.68 bits per heavy atom. The van der Waals surface area contributed by atoms with E-state index in [4.69, 9.17) is 0 Å². The first-order valence-electron chi connectivity index (χ1n) is 10.8. The van der Waals surface area contributed by atoms with Crippen LogP contribution in [0.2, 0.25) is 0 Å². The zero-order chi connectivity index (χ0) is 21.5. The zero-order valence-corrected chi connectivity index (χ0v) is 17.9. The van der Waals surface area contributed by atoms with Gasteiger partial charge in [0.1, 0.15) is 0 Å². The molecule has 0 spiro atoms. The van der Waals surface area contributed by atoms with Crippen molar-refractivity contribution in [3.63, 3.8) is 0 Å². The fraction of sp³-hybridized carbons (Fsp3) is 0.320. The third-order valence-corrected chi connectivity index (χ3v) is 6.43. The van der Waals surface area contributed by atoms with E-state index in [1.165, 1.54) is 20.9 Å². The second kappa shape index (κ2) is 7.78. The number of hydrogen-bond acceptors (Lipinski definition) is 4. The fourth-order valence-electron chi connectivity index (χ4n) is 4.70. The first-order chi connectivity index (χ1) is 15.0. The van der Waals surface area contributed by atoms with Gasteiger partial charge in [-0.15, -0.1) is 0 Å². The van der Waals surface area contributed by atoms with Crippen molar-refractivity contribution < 1.29 is 0 Å². The van der Waals surface area contributed by atoms with Crippen molar-refractivity contribution in [3.05, 3.63) is 86.6 Å². The number of nitrogens with zero attached hydrogens (tertiary/aromatic N) is 4. The van der Waals surface area contributed by atoms with Crippen LogP contribution in [0.4, 0.5) is 0 Å². The van der Waals surface area contributed by atoms with E-state index in [1.807, 2.05) is 19.1 Å². The number of aromatic nitrogens is 3. The molecule has 2 aromatic heterocycles. The van der Waals surface area contributed by atoms with Crippen molar-refractivity contribution in [2.24, 2.45) is 7.05 Å². The number of aryl methyl sites for hydroxylation is 2. The molecule has 0 saturated carbocycles. The molecule has 4 aromatic rings. The largest absolute Gasteiger partial charge is 0.318 e. The Bertz CT molecular complexity index is 1390. The number of likely N-dealkylation sites (tertiary alicyclic amines) is 1. The lowest BCUT2D eigenvalue weighted by Gasteiger charge is -2.33. The molecule has 5 rings (SSSR count). The first-order valence-corrected chi connectivity index (χ1v) is 10.8. The van der Waals surface area contributed by atoms with E-state index in [0.29, 0.717) is 11.2 Å². The van der Waals surface area contributed by atoms with E-state index in [9.17, 15) is 9.59 Å². The molecule has 0 radical (unpaired) electrons. The maximum absolute atomic E-state index is 12.9. The summed E-state index contributed by atoms with van der Waals surface area (Å²) in [5, 5.41) is 2.51. The van der Waals surface area contributed by atoms with Crippen molar-refractivity contribution in [2.75, 3.05) is 13.1 Å². The van der Waals surface area contributed by atoms with E-state index < -0.39 is 11.1 Å². The van der Waals surface area contributed by atoms with E-state index in [-0.39, 0.29) is 6.04 Å². The number of rotatable bonds is 3. The van der Waals surface area contributed by atoms with Crippen LogP contribution in [0, 0.1) is 6.92 Å². The lowest BCUT2D eigenvalue weighted by atomic mass is 10.0. The van der Waals surface area contributed by atoms with Crippen molar-refractivity contribution in [2.45, 2.75) is 32.4 Å². The standard InChI is InChI=1S/C25H26N4O2/c1-17-7-10-22-23(26-17)29(25(31)24(30)27(22)2)21-11-13-28(14-12-21)16-18-8-9-19-5-3-4-6-20(19)15-18/h3-10,15,21H,11-14,16H2,1-2H3. The predicted octanol–water partition coefficient (Wildman–Crippen LogP) is 3.39. The minimum atomic E-state index is -0.489. The van der Waals surface area contributed by atoms with Crippen LogP contribution in [-0.4, -0.2) is 32.1 Å². The lowest BCUT2D eigenvalue weighted by Crippen LogP contribution is -2.45. The third-order valence-electron chi connectivity index (χ3n) is 6.43. The maximum Gasteiger partial charge on any atom is 0.318 e. The average molecular weight is 415 g/mol. The quantitative estimate of drug-likeness (QED) is 0.482. The van der Waals surface area contributed by atoms with E-state index in [2.05, 4.69) is 52.3 Å². The minimum absolute atomic E-state index is 0.00828. The van der Waals surface area contributed by atoms with Gasteiger partial charge in [0.15, 0.2) is 5.65 Å². The van der Waals surface area contributed by atoms with E-state index in [0.717, 1.165) is 38.2 Å². The van der Waals surface area contributed by atoms with Gasteiger partial charge in [-0.3, -0.25) is 19.1 Å². The summed E-state index contributed by atoms with van der Waals surface area (Å²) in [5.74, 6) is 0. The molecule has 0 amide bonds. The highest BCUT2D eigenvalue weighted by molar-refractivity contribution is 5.83. The Hall–Kier alpha value is -3.25. The molecular formula is C25H26N4O2. The Balaban J connectivity index is 1.39. The third kappa shape index (κ3) is 3.57. The fourth-order valence-corrected chi connectivity index (χ4v) is 4.70. The molecule has 158 valence electrons. The van der Waals surface area contributed by atoms with Crippen molar-refractivity contribution in [3.8, 4) is 0 Å². The SMILES string of the molecule is Cc1ccc2c(n1)n(C1CCN(Cc3ccc4ccccc4c3)CC1)c(=O)c(=O)n2C. The molecule has 0 N–H and O–H groups in total. The molecule has 3 heterocycles. The highest BCUT2D eigenvalue weighted by Gasteiger charge is 2.25. The molecule has 0 bridgehead atoms. The summed E-state index contributed by atoms with van der Waals surface area (Å²) in [6.45, 7) is 4.56. The predicted molar refractivity (Wildman–Crippen MR) is 123 cm³/mol. The number of hydrogen-bond donors (Lipinski definition) is 0. The Morgan fingerprint density at radius 3 is 2.45 bits per heavy atom. The van der Waals surface area contributed by atoms with Gasteiger partial charge in [-0.1, -0.05) is 36.4 Å². The molecule has 1 aliphatic heterocycles. The van der Waals surface area contributed by atoms with Crippen LogP contribution >= 0.6 is 0 Å². The van der Waals surface area contributed by atoms with Gasteiger partial charge in [0.05, 0.1) is 5.52 Å². The molecule has 31 heavy (non-hydrogen) atoms. The lowest BCUT2D eigenvalue weighted by molar-refractivity contribution is 0.179. The summed E-state index contributed by atoms with van der Waals surface area (Å²) in [5.41, 5.74) is 2.49. The van der Waals surface area contributed by atoms with Gasteiger partial charge in [-0.2, -0.15) is 0 Å². The molecule has 2 aromatic carbocycles. The summed E-state index contributed by atoms with van der Waals surface area (Å²) in [6, 6.07) is 18.8. The van der Waals surface area contributed by atoms with Crippen LogP contribution in [0.1, 0.15) is 30.1 Å². The van der Waals surface area contributed by atoms with Gasteiger partial charge in [0.2, 0.25) is 0 Å². The van der Waals surface area contributed by atoms with Gasteiger partial charge in [-0.05, 0) is 54.3 Å². The van der Waals surface area contributed by atoms with Gasteiger partial charge in [0, 0.05) is 38.4 Å². The molecule has 0 atom stereocenters. The molecule has 0 aliphatic carbocycles. The molecule has 1 aliphatic rings. The first kappa shape index (κ1) is 19.7. The number of fused-ring (bicyclic) bond motifs is 2. The highest BCUT2D eigenvalue weighted by atomic mass is 16.2. The molecule has 6 nitrogen and oxygen atoms in total. The van der Waals surface area contributed by atoms with Crippen LogP contribution in [0.15, 0.2) is 64.2 Å². The Kier molecular flexibility index (Phi) is 4.94. The molecule has 1 saturated heterocycles. The zero-order valence-electron chi connectivity index (χ0n) is 17.9. The topological polar surface area (TPSA) is 60.1 Å². The maximum atomic E-state index is 12.9. The number of piperidine rings is 1. The van der Waals surface area contributed by atoms with Gasteiger partial charge < -0.3 is 4.57 Å². The molecule has 0 unspecified atom stereocenters. The summed E-state index contributed by atoms with van der Waals surface area (Å²) >= 11 is 0. The second-order valence-corrected chi connectivity index (χ2v) is 8.52.